The minimum Gasteiger partial charge on any atom is -0.330 e. The first kappa shape index (κ1) is 13.3. The van der Waals surface area contributed by atoms with Crippen molar-refractivity contribution in [3.63, 3.8) is 0 Å². The number of benzene rings is 2. The molecule has 0 radical (unpaired) electrons. The van der Waals surface area contributed by atoms with Gasteiger partial charge in [-0.1, -0.05) is 49.4 Å². The van der Waals surface area contributed by atoms with Gasteiger partial charge in [0.25, 0.3) is 0 Å². The first-order chi connectivity index (χ1) is 9.18. The maximum atomic E-state index is 8.96. The normalized spacial score (nSPS) is 13.5. The Labute approximate surface area is 114 Å². The van der Waals surface area contributed by atoms with E-state index in [0.717, 1.165) is 12.0 Å². The van der Waals surface area contributed by atoms with Crippen molar-refractivity contribution in [3.05, 3.63) is 71.3 Å². The average Bonchev–Trinajstić information content (AvgIpc) is 2.48. The predicted molar refractivity (Wildman–Crippen MR) is 77.7 cm³/mol. The molecule has 1 atom stereocenters. The van der Waals surface area contributed by atoms with E-state index in [0.29, 0.717) is 12.1 Å². The van der Waals surface area contributed by atoms with Crippen molar-refractivity contribution in [1.29, 1.82) is 5.26 Å². The Morgan fingerprint density at radius 1 is 1.11 bits per heavy atom. The van der Waals surface area contributed by atoms with Crippen LogP contribution in [0.1, 0.15) is 23.6 Å². The van der Waals surface area contributed by atoms with Gasteiger partial charge in [-0.2, -0.15) is 5.26 Å². The highest BCUT2D eigenvalue weighted by Crippen LogP contribution is 2.27. The molecule has 2 aromatic rings. The lowest BCUT2D eigenvalue weighted by atomic mass is 9.77. The van der Waals surface area contributed by atoms with Crippen LogP contribution in [0.2, 0.25) is 0 Å². The molecule has 0 heterocycles. The highest BCUT2D eigenvalue weighted by atomic mass is 14.6. The fourth-order valence-electron chi connectivity index (χ4n) is 2.33. The summed E-state index contributed by atoms with van der Waals surface area (Å²) in [5.41, 5.74) is 8.97. The van der Waals surface area contributed by atoms with Crippen molar-refractivity contribution in [3.8, 4) is 6.07 Å². The molecule has 1 unspecified atom stereocenters. The second kappa shape index (κ2) is 5.69. The van der Waals surface area contributed by atoms with E-state index in [9.17, 15) is 0 Å². The van der Waals surface area contributed by atoms with E-state index in [1.165, 1.54) is 5.56 Å². The van der Waals surface area contributed by atoms with E-state index in [2.05, 4.69) is 31.2 Å². The van der Waals surface area contributed by atoms with Crippen LogP contribution in [0, 0.1) is 11.3 Å². The number of hydrogen-bond acceptors (Lipinski definition) is 2. The summed E-state index contributed by atoms with van der Waals surface area (Å²) in [6.45, 7) is 2.75. The number of nitriles is 1. The summed E-state index contributed by atoms with van der Waals surface area (Å²) >= 11 is 0. The molecule has 2 N–H and O–H groups in total. The maximum absolute atomic E-state index is 8.96. The van der Waals surface area contributed by atoms with Gasteiger partial charge in [-0.25, -0.2) is 0 Å². The minimum atomic E-state index is -0.102. The van der Waals surface area contributed by atoms with Crippen LogP contribution in [0.25, 0.3) is 0 Å². The first-order valence-electron chi connectivity index (χ1n) is 6.42. The molecule has 2 rings (SSSR count). The number of nitrogens with zero attached hydrogens (tertiary/aromatic N) is 1. The molecule has 0 aromatic heterocycles. The molecule has 96 valence electrons. The highest BCUT2D eigenvalue weighted by molar-refractivity contribution is 5.35. The summed E-state index contributed by atoms with van der Waals surface area (Å²) in [7, 11) is 0. The molecule has 2 heteroatoms. The van der Waals surface area contributed by atoms with Gasteiger partial charge in [0.1, 0.15) is 0 Å². The summed E-state index contributed by atoms with van der Waals surface area (Å²) < 4.78 is 0. The Balaban J connectivity index is 2.31. The smallest absolute Gasteiger partial charge is 0.0991 e. The lowest BCUT2D eigenvalue weighted by Crippen LogP contribution is -2.34. The molecule has 0 fully saturated rings. The molecule has 2 nitrogen and oxygen atoms in total. The maximum Gasteiger partial charge on any atom is 0.0991 e. The molecule has 0 saturated carbocycles. The monoisotopic (exact) mass is 250 g/mol. The minimum absolute atomic E-state index is 0.102. The number of rotatable bonds is 4. The summed E-state index contributed by atoms with van der Waals surface area (Å²) in [5, 5.41) is 8.96. The summed E-state index contributed by atoms with van der Waals surface area (Å²) in [6, 6.07) is 20.2. The standard InChI is InChI=1S/C17H18N2/c1-17(13-19,16-8-3-2-4-9-16)11-14-6-5-7-15(10-14)12-18/h2-10H,11,13,19H2,1H3. The van der Waals surface area contributed by atoms with Crippen LogP contribution in [0.3, 0.4) is 0 Å². The fourth-order valence-corrected chi connectivity index (χ4v) is 2.33. The molecular weight excluding hydrogens is 232 g/mol. The summed E-state index contributed by atoms with van der Waals surface area (Å²) in [6.07, 6.45) is 0.836. The third-order valence-electron chi connectivity index (χ3n) is 3.57. The molecule has 19 heavy (non-hydrogen) atoms. The topological polar surface area (TPSA) is 49.8 Å². The number of hydrogen-bond donors (Lipinski definition) is 1. The molecule has 0 aliphatic rings. The SMILES string of the molecule is CC(CN)(Cc1cccc(C#N)c1)c1ccccc1. The zero-order chi connectivity index (χ0) is 13.7. The lowest BCUT2D eigenvalue weighted by Gasteiger charge is -2.29. The van der Waals surface area contributed by atoms with Crippen LogP contribution in [0.5, 0.6) is 0 Å². The van der Waals surface area contributed by atoms with Crippen LogP contribution in [0.4, 0.5) is 0 Å². The third-order valence-corrected chi connectivity index (χ3v) is 3.57. The third kappa shape index (κ3) is 3.01. The van der Waals surface area contributed by atoms with Gasteiger partial charge in [0.15, 0.2) is 0 Å². The van der Waals surface area contributed by atoms with Crippen molar-refractivity contribution in [2.45, 2.75) is 18.8 Å². The molecule has 0 bridgehead atoms. The zero-order valence-corrected chi connectivity index (χ0v) is 11.1. The Hall–Kier alpha value is -2.11. The van der Waals surface area contributed by atoms with E-state index >= 15 is 0 Å². The van der Waals surface area contributed by atoms with Gasteiger partial charge in [0.05, 0.1) is 11.6 Å². The van der Waals surface area contributed by atoms with E-state index in [-0.39, 0.29) is 5.41 Å². The second-order valence-electron chi connectivity index (χ2n) is 5.12. The average molecular weight is 250 g/mol. The Kier molecular flexibility index (Phi) is 3.99. The number of nitrogens with two attached hydrogens (primary N) is 1. The Morgan fingerprint density at radius 3 is 2.47 bits per heavy atom. The van der Waals surface area contributed by atoms with Crippen LogP contribution < -0.4 is 5.73 Å². The molecule has 0 aliphatic heterocycles. The van der Waals surface area contributed by atoms with Gasteiger partial charge in [0, 0.05) is 12.0 Å². The Morgan fingerprint density at radius 2 is 1.84 bits per heavy atom. The molecule has 2 aromatic carbocycles. The van der Waals surface area contributed by atoms with Gasteiger partial charge in [-0.3, -0.25) is 0 Å². The van der Waals surface area contributed by atoms with Crippen LogP contribution in [-0.4, -0.2) is 6.54 Å². The lowest BCUT2D eigenvalue weighted by molar-refractivity contribution is 0.481. The van der Waals surface area contributed by atoms with Crippen molar-refractivity contribution in [2.75, 3.05) is 6.54 Å². The van der Waals surface area contributed by atoms with Gasteiger partial charge < -0.3 is 5.73 Å². The second-order valence-corrected chi connectivity index (χ2v) is 5.12. The summed E-state index contributed by atoms with van der Waals surface area (Å²) in [5.74, 6) is 0. The zero-order valence-electron chi connectivity index (χ0n) is 11.1. The van der Waals surface area contributed by atoms with E-state index < -0.39 is 0 Å². The van der Waals surface area contributed by atoms with E-state index in [1.54, 1.807) is 0 Å². The van der Waals surface area contributed by atoms with E-state index in [4.69, 9.17) is 11.0 Å². The molecule has 0 amide bonds. The van der Waals surface area contributed by atoms with Crippen LogP contribution in [0.15, 0.2) is 54.6 Å². The van der Waals surface area contributed by atoms with Crippen LogP contribution in [-0.2, 0) is 11.8 Å². The van der Waals surface area contributed by atoms with Gasteiger partial charge in [-0.05, 0) is 29.7 Å². The first-order valence-corrected chi connectivity index (χ1v) is 6.42. The van der Waals surface area contributed by atoms with Crippen LogP contribution >= 0.6 is 0 Å². The van der Waals surface area contributed by atoms with E-state index in [1.807, 2.05) is 36.4 Å². The Bertz CT molecular complexity index is 584. The fraction of sp³-hybridized carbons (Fsp3) is 0.235. The van der Waals surface area contributed by atoms with Crippen molar-refractivity contribution in [1.82, 2.24) is 0 Å². The van der Waals surface area contributed by atoms with Crippen molar-refractivity contribution in [2.24, 2.45) is 5.73 Å². The van der Waals surface area contributed by atoms with Gasteiger partial charge in [-0.15, -0.1) is 0 Å². The van der Waals surface area contributed by atoms with Crippen molar-refractivity contribution < 1.29 is 0 Å². The van der Waals surface area contributed by atoms with Gasteiger partial charge in [0.2, 0.25) is 0 Å². The predicted octanol–water partition coefficient (Wildman–Crippen LogP) is 3.02. The molecular formula is C17H18N2. The largest absolute Gasteiger partial charge is 0.330 e. The quantitative estimate of drug-likeness (QED) is 0.906. The molecule has 0 saturated heterocycles. The van der Waals surface area contributed by atoms with Crippen molar-refractivity contribution >= 4 is 0 Å². The van der Waals surface area contributed by atoms with Gasteiger partial charge >= 0.3 is 0 Å². The summed E-state index contributed by atoms with van der Waals surface area (Å²) in [4.78, 5) is 0. The molecule has 0 aliphatic carbocycles. The molecule has 0 spiro atoms. The highest BCUT2D eigenvalue weighted by Gasteiger charge is 2.25.